The summed E-state index contributed by atoms with van der Waals surface area (Å²) in [5.41, 5.74) is 5.04. The molecule has 5 rings (SSSR count). The zero-order valence-electron chi connectivity index (χ0n) is 20.1. The van der Waals surface area contributed by atoms with Gasteiger partial charge in [-0.3, -0.25) is 0 Å². The Bertz CT molecular complexity index is 1850. The normalized spacial score (nSPS) is 11.9. The molecule has 5 aromatic rings. The number of rotatable bonds is 5. The monoisotopic (exact) mass is 514 g/mol. The Hall–Kier alpha value is -5.24. The minimum absolute atomic E-state index is 0.00817. The van der Waals surface area contributed by atoms with Gasteiger partial charge in [0.1, 0.15) is 34.3 Å². The van der Waals surface area contributed by atoms with E-state index in [0.29, 0.717) is 10.9 Å². The predicted octanol–water partition coefficient (Wildman–Crippen LogP) is 4.26. The molecule has 38 heavy (non-hydrogen) atoms. The number of nitrogens with zero attached hydrogens (tertiary/aromatic N) is 3. The van der Waals surface area contributed by atoms with E-state index in [1.165, 1.54) is 25.3 Å². The summed E-state index contributed by atoms with van der Waals surface area (Å²) in [5, 5.41) is 14.0. The molecule has 1 atom stereocenters. The smallest absolute Gasteiger partial charge is 0.347 e. The fraction of sp³-hybridized carbons (Fsp3) is 0.111. The third-order valence-electron chi connectivity index (χ3n) is 6.12. The number of fused-ring (bicyclic) bond motifs is 2. The molecule has 0 saturated carbocycles. The number of hydrogen-bond acceptors (Lipinski definition) is 8. The molecule has 11 heteroatoms. The molecule has 0 amide bonds. The minimum atomic E-state index is -0.962. The van der Waals surface area contributed by atoms with E-state index < -0.39 is 23.4 Å². The van der Waals surface area contributed by atoms with Gasteiger partial charge < -0.3 is 25.9 Å². The van der Waals surface area contributed by atoms with Gasteiger partial charge in [-0.2, -0.15) is 4.98 Å². The van der Waals surface area contributed by atoms with Crippen molar-refractivity contribution in [1.82, 2.24) is 19.9 Å². The minimum Gasteiger partial charge on any atom is -0.508 e. The number of nitrogens with two attached hydrogens (primary N) is 1. The van der Waals surface area contributed by atoms with Crippen LogP contribution in [0.4, 0.5) is 20.4 Å². The van der Waals surface area contributed by atoms with Gasteiger partial charge in [-0.1, -0.05) is 18.1 Å². The third kappa shape index (κ3) is 3.98. The van der Waals surface area contributed by atoms with E-state index >= 15 is 4.39 Å². The number of phenols is 1. The highest BCUT2D eigenvalue weighted by atomic mass is 19.1. The zero-order valence-corrected chi connectivity index (χ0v) is 20.1. The molecular weight excluding hydrogens is 494 g/mol. The maximum atomic E-state index is 16.2. The van der Waals surface area contributed by atoms with Gasteiger partial charge >= 0.3 is 5.69 Å². The van der Waals surface area contributed by atoms with Gasteiger partial charge in [0, 0.05) is 22.7 Å². The summed E-state index contributed by atoms with van der Waals surface area (Å²) in [6, 6.07) is 8.12. The summed E-state index contributed by atoms with van der Waals surface area (Å²) in [4.78, 5) is 27.3. The van der Waals surface area contributed by atoms with Crippen LogP contribution >= 0.6 is 0 Å². The van der Waals surface area contributed by atoms with Gasteiger partial charge in [-0.25, -0.2) is 23.5 Å². The SMILES string of the molecule is C#Cc1c(F)ccc2cc(O)cc(-c3nc(OC)c4c(NC(C)c5cccnc5N)nc(=O)[nH]c4c3F)c12. The number of H-pyrrole nitrogens is 1. The van der Waals surface area contributed by atoms with E-state index in [4.69, 9.17) is 16.9 Å². The lowest BCUT2D eigenvalue weighted by atomic mass is 9.95. The van der Waals surface area contributed by atoms with Crippen LogP contribution in [0.1, 0.15) is 24.1 Å². The topological polar surface area (TPSA) is 139 Å². The van der Waals surface area contributed by atoms with Crippen molar-refractivity contribution in [2.24, 2.45) is 0 Å². The van der Waals surface area contributed by atoms with Crippen LogP contribution in [-0.4, -0.2) is 32.2 Å². The van der Waals surface area contributed by atoms with Gasteiger partial charge in [-0.15, -0.1) is 6.42 Å². The quantitative estimate of drug-likeness (QED) is 0.255. The van der Waals surface area contributed by atoms with Gasteiger partial charge in [0.15, 0.2) is 5.82 Å². The second-order valence-electron chi connectivity index (χ2n) is 8.43. The lowest BCUT2D eigenvalue weighted by molar-refractivity contribution is 0.402. The fourth-order valence-corrected chi connectivity index (χ4v) is 4.43. The number of methoxy groups -OCH3 is 1. The molecule has 0 radical (unpaired) electrons. The lowest BCUT2D eigenvalue weighted by Gasteiger charge is -2.19. The summed E-state index contributed by atoms with van der Waals surface area (Å²) >= 11 is 0. The van der Waals surface area contributed by atoms with Crippen LogP contribution in [0.15, 0.2) is 47.4 Å². The van der Waals surface area contributed by atoms with Crippen LogP contribution in [0.3, 0.4) is 0 Å². The number of phenolic OH excluding ortho intramolecular Hbond substituents is 1. The van der Waals surface area contributed by atoms with Crippen LogP contribution in [0.25, 0.3) is 32.9 Å². The first-order chi connectivity index (χ1) is 18.2. The van der Waals surface area contributed by atoms with Crippen molar-refractivity contribution >= 4 is 33.3 Å². The van der Waals surface area contributed by atoms with Crippen molar-refractivity contribution < 1.29 is 18.6 Å². The molecule has 5 N–H and O–H groups in total. The van der Waals surface area contributed by atoms with Gasteiger partial charge in [0.05, 0.1) is 24.2 Å². The van der Waals surface area contributed by atoms with Crippen molar-refractivity contribution in [3.8, 4) is 35.2 Å². The van der Waals surface area contributed by atoms with Crippen molar-refractivity contribution in [2.75, 3.05) is 18.2 Å². The largest absolute Gasteiger partial charge is 0.508 e. The highest BCUT2D eigenvalue weighted by molar-refractivity contribution is 6.03. The van der Waals surface area contributed by atoms with Crippen LogP contribution in [0.2, 0.25) is 0 Å². The van der Waals surface area contributed by atoms with E-state index in [1.807, 2.05) is 0 Å². The molecule has 190 valence electrons. The number of nitrogens with one attached hydrogen (secondary N) is 2. The molecule has 0 bridgehead atoms. The molecule has 1 unspecified atom stereocenters. The molecule has 0 aliphatic rings. The first-order valence-electron chi connectivity index (χ1n) is 11.3. The highest BCUT2D eigenvalue weighted by Crippen LogP contribution is 2.40. The number of aromatic nitrogens is 4. The molecule has 0 saturated heterocycles. The Morgan fingerprint density at radius 2 is 2.00 bits per heavy atom. The van der Waals surface area contributed by atoms with Gasteiger partial charge in [-0.05, 0) is 36.6 Å². The Morgan fingerprint density at radius 1 is 1.21 bits per heavy atom. The number of pyridine rings is 2. The van der Waals surface area contributed by atoms with Crippen LogP contribution < -0.4 is 21.5 Å². The summed E-state index contributed by atoms with van der Waals surface area (Å²) in [6.07, 6.45) is 7.10. The van der Waals surface area contributed by atoms with E-state index in [9.17, 15) is 14.3 Å². The molecule has 0 fully saturated rings. The Kier molecular flexibility index (Phi) is 6.00. The molecule has 0 aliphatic carbocycles. The van der Waals surface area contributed by atoms with Gasteiger partial charge in [0.2, 0.25) is 5.88 Å². The summed E-state index contributed by atoms with van der Waals surface area (Å²) in [6.45, 7) is 1.77. The third-order valence-corrected chi connectivity index (χ3v) is 6.12. The average molecular weight is 514 g/mol. The number of ether oxygens (including phenoxy) is 1. The second-order valence-corrected chi connectivity index (χ2v) is 8.43. The first-order valence-corrected chi connectivity index (χ1v) is 11.3. The van der Waals surface area contributed by atoms with Crippen molar-refractivity contribution in [3.63, 3.8) is 0 Å². The fourth-order valence-electron chi connectivity index (χ4n) is 4.43. The summed E-state index contributed by atoms with van der Waals surface area (Å²) in [7, 11) is 1.31. The molecule has 2 aromatic carbocycles. The maximum absolute atomic E-state index is 16.2. The van der Waals surface area contributed by atoms with E-state index in [0.717, 1.165) is 6.07 Å². The van der Waals surface area contributed by atoms with Gasteiger partial charge in [0.25, 0.3) is 0 Å². The summed E-state index contributed by atoms with van der Waals surface area (Å²) in [5.74, 6) is 0.561. The van der Waals surface area contributed by atoms with Crippen molar-refractivity contribution in [1.29, 1.82) is 0 Å². The number of aromatic amines is 1. The Balaban J connectivity index is 1.79. The standard InChI is InChI=1S/C27H20F2N6O3/c1-4-15-18(28)8-7-13-10-14(36)11-17(19(13)15)22-21(29)23-20(26(33-22)38-3)25(35-27(37)34-23)32-12(2)16-6-5-9-31-24(16)30/h1,5-12,36H,2-3H3,(H2,30,31)(H2,32,34,35,37). The van der Waals surface area contributed by atoms with E-state index in [2.05, 4.69) is 31.2 Å². The van der Waals surface area contributed by atoms with Crippen molar-refractivity contribution in [2.45, 2.75) is 13.0 Å². The number of anilines is 2. The number of terminal acetylenes is 1. The predicted molar refractivity (Wildman–Crippen MR) is 140 cm³/mol. The highest BCUT2D eigenvalue weighted by Gasteiger charge is 2.25. The second kappa shape index (κ2) is 9.33. The number of benzene rings is 2. The molecule has 0 spiro atoms. The molecule has 0 aliphatic heterocycles. The Morgan fingerprint density at radius 3 is 2.71 bits per heavy atom. The van der Waals surface area contributed by atoms with Crippen LogP contribution in [0, 0.1) is 24.0 Å². The van der Waals surface area contributed by atoms with Crippen molar-refractivity contribution in [3.05, 3.63) is 75.8 Å². The lowest BCUT2D eigenvalue weighted by Crippen LogP contribution is -2.18. The number of halogens is 2. The van der Waals surface area contributed by atoms with E-state index in [1.54, 1.807) is 25.3 Å². The maximum Gasteiger partial charge on any atom is 0.347 e. The average Bonchev–Trinajstić information content (AvgIpc) is 2.89. The number of nitrogen functional groups attached to an aromatic ring is 1. The zero-order chi connectivity index (χ0) is 27.1. The molecular formula is C27H20F2N6O3. The molecule has 3 heterocycles. The summed E-state index contributed by atoms with van der Waals surface area (Å²) < 4.78 is 36.2. The number of aromatic hydroxyl groups is 1. The van der Waals surface area contributed by atoms with Crippen LogP contribution in [0.5, 0.6) is 11.6 Å². The van der Waals surface area contributed by atoms with E-state index in [-0.39, 0.29) is 56.4 Å². The Labute approximate surface area is 214 Å². The molecule has 9 nitrogen and oxygen atoms in total. The number of hydrogen-bond donors (Lipinski definition) is 4. The van der Waals surface area contributed by atoms with Crippen LogP contribution in [-0.2, 0) is 0 Å². The molecule has 3 aromatic heterocycles. The first kappa shape index (κ1) is 24.5.